The summed E-state index contributed by atoms with van der Waals surface area (Å²) in [6.07, 6.45) is 5.77. The second-order valence-electron chi connectivity index (χ2n) is 6.69. The van der Waals surface area contributed by atoms with Gasteiger partial charge < -0.3 is 4.74 Å². The van der Waals surface area contributed by atoms with Gasteiger partial charge in [0.15, 0.2) is 0 Å². The Bertz CT molecular complexity index is 336. The van der Waals surface area contributed by atoms with E-state index in [-0.39, 0.29) is 17.8 Å². The lowest BCUT2D eigenvalue weighted by molar-refractivity contribution is -0.168. The topological polar surface area (TPSA) is 55.8 Å². The van der Waals surface area contributed by atoms with E-state index >= 15 is 0 Å². The van der Waals surface area contributed by atoms with Gasteiger partial charge in [0.2, 0.25) is 5.91 Å². The molecule has 0 rings (SSSR count). The minimum absolute atomic E-state index is 0.0372. The van der Waals surface area contributed by atoms with Crippen LogP contribution >= 0.6 is 0 Å². The Labute approximate surface area is 135 Å². The Kier molecular flexibility index (Phi) is 10.1. The lowest BCUT2D eigenvalue weighted by Gasteiger charge is -2.24. The van der Waals surface area contributed by atoms with Gasteiger partial charge in [0.25, 0.3) is 0 Å². The number of hydrogen-bond donors (Lipinski definition) is 0. The molecule has 5 heteroatoms. The molecule has 0 spiro atoms. The maximum absolute atomic E-state index is 12.2. The zero-order valence-electron chi connectivity index (χ0n) is 15.1. The van der Waals surface area contributed by atoms with Crippen molar-refractivity contribution < 1.29 is 19.2 Å². The number of nitrogens with zero attached hydrogens (tertiary/aromatic N) is 1. The van der Waals surface area contributed by atoms with Crippen molar-refractivity contribution in [3.8, 4) is 0 Å². The van der Waals surface area contributed by atoms with E-state index in [1.54, 1.807) is 7.05 Å². The third-order valence-corrected chi connectivity index (χ3v) is 3.46. The molecule has 130 valence electrons. The summed E-state index contributed by atoms with van der Waals surface area (Å²) >= 11 is 0. The first-order valence-corrected chi connectivity index (χ1v) is 8.24. The van der Waals surface area contributed by atoms with Crippen molar-refractivity contribution in [3.05, 3.63) is 0 Å². The average Bonchev–Trinajstić information content (AvgIpc) is 2.43. The Balaban J connectivity index is 4.25. The number of esters is 1. The van der Waals surface area contributed by atoms with Crippen molar-refractivity contribution >= 4 is 11.9 Å². The number of hydroxylamine groups is 2. The molecule has 0 fully saturated rings. The number of carbonyl (C=O) groups is 2. The van der Waals surface area contributed by atoms with E-state index in [1.807, 2.05) is 20.8 Å². The van der Waals surface area contributed by atoms with Crippen molar-refractivity contribution in [2.75, 3.05) is 14.2 Å². The highest BCUT2D eigenvalue weighted by atomic mass is 16.7. The van der Waals surface area contributed by atoms with Crippen LogP contribution in [0.3, 0.4) is 0 Å². The molecular formula is C17H33NO4. The van der Waals surface area contributed by atoms with Gasteiger partial charge in [0.05, 0.1) is 13.0 Å². The Morgan fingerprint density at radius 3 is 2.18 bits per heavy atom. The SMILES string of the molecule is CCCC[C@@H](CCCCC(=O)N(C)OC)C(=O)OC(C)(C)C. The summed E-state index contributed by atoms with van der Waals surface area (Å²) in [6.45, 7) is 7.79. The maximum Gasteiger partial charge on any atom is 0.309 e. The minimum atomic E-state index is -0.446. The van der Waals surface area contributed by atoms with E-state index in [9.17, 15) is 9.59 Å². The molecule has 0 aliphatic heterocycles. The molecule has 0 saturated heterocycles. The van der Waals surface area contributed by atoms with Gasteiger partial charge in [-0.2, -0.15) is 0 Å². The predicted octanol–water partition coefficient (Wildman–Crippen LogP) is 3.71. The van der Waals surface area contributed by atoms with E-state index < -0.39 is 5.60 Å². The molecule has 0 saturated carbocycles. The Morgan fingerprint density at radius 1 is 1.09 bits per heavy atom. The number of ether oxygens (including phenoxy) is 1. The molecule has 22 heavy (non-hydrogen) atoms. The summed E-state index contributed by atoms with van der Waals surface area (Å²) in [5.41, 5.74) is -0.446. The number of carbonyl (C=O) groups excluding carboxylic acids is 2. The molecule has 0 aromatic carbocycles. The van der Waals surface area contributed by atoms with E-state index in [2.05, 4.69) is 6.92 Å². The number of unbranched alkanes of at least 4 members (excludes halogenated alkanes) is 2. The standard InChI is InChI=1S/C17H33NO4/c1-7-8-11-14(16(20)22-17(2,3)4)12-9-10-13-15(19)18(5)21-6/h14H,7-13H2,1-6H3/t14-/m0/s1. The molecule has 1 amide bonds. The van der Waals surface area contributed by atoms with Crippen LogP contribution in [0.1, 0.15) is 72.6 Å². The highest BCUT2D eigenvalue weighted by Crippen LogP contribution is 2.21. The van der Waals surface area contributed by atoms with Crippen molar-refractivity contribution in [1.82, 2.24) is 5.06 Å². The van der Waals surface area contributed by atoms with Crippen LogP contribution in [0.15, 0.2) is 0 Å². The van der Waals surface area contributed by atoms with E-state index in [0.717, 1.165) is 38.5 Å². The average molecular weight is 315 g/mol. The third-order valence-electron chi connectivity index (χ3n) is 3.46. The summed E-state index contributed by atoms with van der Waals surface area (Å²) in [5, 5.41) is 1.24. The first-order valence-electron chi connectivity index (χ1n) is 8.24. The van der Waals surface area contributed by atoms with Gasteiger partial charge in [-0.1, -0.05) is 26.2 Å². The quantitative estimate of drug-likeness (QED) is 0.350. The largest absolute Gasteiger partial charge is 0.460 e. The smallest absolute Gasteiger partial charge is 0.309 e. The van der Waals surface area contributed by atoms with Crippen LogP contribution in [0, 0.1) is 5.92 Å². The fourth-order valence-electron chi connectivity index (χ4n) is 2.14. The molecule has 0 aliphatic rings. The van der Waals surface area contributed by atoms with Crippen molar-refractivity contribution in [2.24, 2.45) is 5.92 Å². The first kappa shape index (κ1) is 20.9. The molecular weight excluding hydrogens is 282 g/mol. The summed E-state index contributed by atoms with van der Waals surface area (Å²) in [6, 6.07) is 0. The fourth-order valence-corrected chi connectivity index (χ4v) is 2.14. The lowest BCUT2D eigenvalue weighted by Crippen LogP contribution is -2.29. The van der Waals surface area contributed by atoms with Gasteiger partial charge in [-0.25, -0.2) is 5.06 Å². The van der Waals surface area contributed by atoms with E-state index in [1.165, 1.54) is 12.2 Å². The first-order chi connectivity index (χ1) is 10.2. The van der Waals surface area contributed by atoms with Gasteiger partial charge in [0.1, 0.15) is 5.60 Å². The summed E-state index contributed by atoms with van der Waals surface area (Å²) in [5.74, 6) is -0.208. The Morgan fingerprint density at radius 2 is 1.68 bits per heavy atom. The third kappa shape index (κ3) is 9.77. The normalized spacial score (nSPS) is 12.8. The van der Waals surface area contributed by atoms with Crippen LogP contribution in [0.5, 0.6) is 0 Å². The molecule has 1 atom stereocenters. The number of rotatable bonds is 10. The summed E-state index contributed by atoms with van der Waals surface area (Å²) in [7, 11) is 3.08. The van der Waals surface area contributed by atoms with Crippen molar-refractivity contribution in [2.45, 2.75) is 78.2 Å². The second kappa shape index (κ2) is 10.6. The van der Waals surface area contributed by atoms with Crippen LogP contribution in [0.4, 0.5) is 0 Å². The van der Waals surface area contributed by atoms with Gasteiger partial charge in [-0.15, -0.1) is 0 Å². The summed E-state index contributed by atoms with van der Waals surface area (Å²) in [4.78, 5) is 28.7. The van der Waals surface area contributed by atoms with Crippen molar-refractivity contribution in [1.29, 1.82) is 0 Å². The lowest BCUT2D eigenvalue weighted by atomic mass is 9.95. The molecule has 0 aromatic heterocycles. The van der Waals surface area contributed by atoms with Crippen LogP contribution in [0.2, 0.25) is 0 Å². The second-order valence-corrected chi connectivity index (χ2v) is 6.69. The maximum atomic E-state index is 12.2. The number of hydrogen-bond acceptors (Lipinski definition) is 4. The van der Waals surface area contributed by atoms with Crippen LogP contribution in [-0.4, -0.2) is 36.7 Å². The molecule has 0 aromatic rings. The van der Waals surface area contributed by atoms with Gasteiger partial charge >= 0.3 is 5.97 Å². The molecule has 0 unspecified atom stereocenters. The zero-order chi connectivity index (χ0) is 17.2. The monoisotopic (exact) mass is 315 g/mol. The predicted molar refractivity (Wildman–Crippen MR) is 87.1 cm³/mol. The van der Waals surface area contributed by atoms with E-state index in [4.69, 9.17) is 9.57 Å². The minimum Gasteiger partial charge on any atom is -0.460 e. The highest BCUT2D eigenvalue weighted by Gasteiger charge is 2.24. The molecule has 0 bridgehead atoms. The van der Waals surface area contributed by atoms with Gasteiger partial charge in [-0.3, -0.25) is 14.4 Å². The fraction of sp³-hybridized carbons (Fsp3) is 0.882. The summed E-state index contributed by atoms with van der Waals surface area (Å²) < 4.78 is 5.50. The molecule has 0 aliphatic carbocycles. The Hall–Kier alpha value is -1.10. The van der Waals surface area contributed by atoms with Crippen LogP contribution in [-0.2, 0) is 19.2 Å². The van der Waals surface area contributed by atoms with Crippen molar-refractivity contribution in [3.63, 3.8) is 0 Å². The van der Waals surface area contributed by atoms with E-state index in [0.29, 0.717) is 6.42 Å². The molecule has 0 heterocycles. The van der Waals surface area contributed by atoms with Crippen LogP contribution < -0.4 is 0 Å². The number of amides is 1. The van der Waals surface area contributed by atoms with Crippen LogP contribution in [0.25, 0.3) is 0 Å². The molecule has 5 nitrogen and oxygen atoms in total. The van der Waals surface area contributed by atoms with Gasteiger partial charge in [0, 0.05) is 13.5 Å². The zero-order valence-corrected chi connectivity index (χ0v) is 15.1. The molecule has 0 N–H and O–H groups in total. The van der Waals surface area contributed by atoms with Gasteiger partial charge in [-0.05, 0) is 40.0 Å². The molecule has 0 radical (unpaired) electrons. The highest BCUT2D eigenvalue weighted by molar-refractivity contribution is 5.74.